The van der Waals surface area contributed by atoms with E-state index in [9.17, 15) is 9.59 Å². The van der Waals surface area contributed by atoms with Crippen LogP contribution in [0.15, 0.2) is 71.9 Å². The van der Waals surface area contributed by atoms with Gasteiger partial charge < -0.3 is 15.2 Å². The zero-order valence-electron chi connectivity index (χ0n) is 20.5. The van der Waals surface area contributed by atoms with Crippen molar-refractivity contribution in [3.63, 3.8) is 0 Å². The van der Waals surface area contributed by atoms with Gasteiger partial charge in [0, 0.05) is 30.3 Å². The largest absolute Gasteiger partial charge is 0.497 e. The molecular formula is C26H37N3O4S. The summed E-state index contributed by atoms with van der Waals surface area (Å²) in [5.74, 6) is 1.09. The van der Waals surface area contributed by atoms with Crippen molar-refractivity contribution in [2.24, 2.45) is 5.73 Å². The SMILES string of the molecule is C=C(/C=C\C(=C)OCC1CCCN1C/C=C/C/C(N)=C(C)/C(=C/C)OC)CC1SC(=O)NC1=O. The van der Waals surface area contributed by atoms with Crippen LogP contribution in [0.25, 0.3) is 0 Å². The molecule has 0 aromatic carbocycles. The second-order valence-corrected chi connectivity index (χ2v) is 9.51. The number of carbonyl (C=O) groups is 2. The molecule has 0 aromatic heterocycles. The second-order valence-electron chi connectivity index (χ2n) is 8.33. The Morgan fingerprint density at radius 1 is 1.29 bits per heavy atom. The molecule has 2 aliphatic heterocycles. The third-order valence-electron chi connectivity index (χ3n) is 5.86. The molecule has 2 rings (SSSR count). The van der Waals surface area contributed by atoms with Gasteiger partial charge in [-0.2, -0.15) is 0 Å². The van der Waals surface area contributed by atoms with Crippen LogP contribution in [0.5, 0.6) is 0 Å². The van der Waals surface area contributed by atoms with E-state index in [-0.39, 0.29) is 11.1 Å². The molecule has 0 saturated carbocycles. The van der Waals surface area contributed by atoms with Crippen molar-refractivity contribution in [2.45, 2.75) is 50.8 Å². The number of carbonyl (C=O) groups excluding carboxylic acids is 2. The van der Waals surface area contributed by atoms with Gasteiger partial charge >= 0.3 is 0 Å². The van der Waals surface area contributed by atoms with Crippen LogP contribution in [0.1, 0.15) is 39.5 Å². The zero-order chi connectivity index (χ0) is 25.1. The minimum absolute atomic E-state index is 0.263. The molecule has 7 nitrogen and oxygen atoms in total. The average molecular weight is 488 g/mol. The van der Waals surface area contributed by atoms with Crippen LogP contribution in [-0.4, -0.2) is 54.1 Å². The molecule has 2 amide bonds. The number of thioether (sulfide) groups is 1. The number of allylic oxidation sites excluding steroid dienone is 6. The highest BCUT2D eigenvalue weighted by molar-refractivity contribution is 8.15. The molecule has 2 heterocycles. The standard InChI is InChI=1S/C26H37N3O4S/c1-6-23(32-5)20(4)22(27)11-7-8-14-29-15-9-10-21(29)17-33-19(3)13-12-18(2)16-24-25(30)28-26(31)34-24/h6-8,12-13,21,24H,2-3,9-11,14-17,27H2,1,4-5H3,(H,28,30,31)/b8-7+,13-12-,22-20-,23-6-. The van der Waals surface area contributed by atoms with Gasteiger partial charge in [-0.15, -0.1) is 0 Å². The molecule has 3 N–H and O–H groups in total. The van der Waals surface area contributed by atoms with Gasteiger partial charge in [0.05, 0.1) is 12.4 Å². The normalized spacial score (nSPS) is 22.4. The summed E-state index contributed by atoms with van der Waals surface area (Å²) in [5, 5.41) is 1.56. The third-order valence-corrected chi connectivity index (χ3v) is 6.84. The summed E-state index contributed by atoms with van der Waals surface area (Å²) in [6, 6.07) is 0.334. The summed E-state index contributed by atoms with van der Waals surface area (Å²) in [6.07, 6.45) is 13.0. The van der Waals surface area contributed by atoms with Crippen LogP contribution in [0.2, 0.25) is 0 Å². The maximum atomic E-state index is 11.7. The van der Waals surface area contributed by atoms with Crippen LogP contribution >= 0.6 is 11.8 Å². The van der Waals surface area contributed by atoms with Gasteiger partial charge in [0.25, 0.3) is 5.24 Å². The van der Waals surface area contributed by atoms with Gasteiger partial charge in [-0.05, 0) is 51.8 Å². The fraction of sp³-hybridized carbons (Fsp3) is 0.462. The van der Waals surface area contributed by atoms with Crippen LogP contribution in [-0.2, 0) is 14.3 Å². The minimum atomic E-state index is -0.418. The Kier molecular flexibility index (Phi) is 11.2. The molecule has 0 spiro atoms. The molecule has 2 unspecified atom stereocenters. The van der Waals surface area contributed by atoms with E-state index in [0.717, 1.165) is 60.3 Å². The first kappa shape index (κ1) is 27.5. The summed E-state index contributed by atoms with van der Waals surface area (Å²) in [4.78, 5) is 25.3. The Morgan fingerprint density at radius 2 is 2.06 bits per heavy atom. The molecular weight excluding hydrogens is 450 g/mol. The van der Waals surface area contributed by atoms with E-state index in [2.05, 4.69) is 35.5 Å². The van der Waals surface area contributed by atoms with E-state index in [4.69, 9.17) is 15.2 Å². The van der Waals surface area contributed by atoms with Crippen molar-refractivity contribution in [2.75, 3.05) is 26.8 Å². The molecule has 2 aliphatic rings. The molecule has 186 valence electrons. The number of imide groups is 1. The number of methoxy groups -OCH3 is 1. The summed E-state index contributed by atoms with van der Waals surface area (Å²) in [6.45, 7) is 14.3. The van der Waals surface area contributed by atoms with Gasteiger partial charge in [0.1, 0.15) is 18.1 Å². The molecule has 34 heavy (non-hydrogen) atoms. The van der Waals surface area contributed by atoms with Gasteiger partial charge in [0.2, 0.25) is 5.91 Å². The Labute approximate surface area is 207 Å². The van der Waals surface area contributed by atoms with Crippen LogP contribution in [0.4, 0.5) is 4.79 Å². The molecule has 0 radical (unpaired) electrons. The van der Waals surface area contributed by atoms with Crippen molar-refractivity contribution in [3.05, 3.63) is 71.9 Å². The summed E-state index contributed by atoms with van der Waals surface area (Å²) in [5.41, 5.74) is 8.71. The predicted octanol–water partition coefficient (Wildman–Crippen LogP) is 4.56. The fourth-order valence-electron chi connectivity index (χ4n) is 3.84. The first-order chi connectivity index (χ1) is 16.2. The van der Waals surface area contributed by atoms with Crippen molar-refractivity contribution in [1.82, 2.24) is 10.2 Å². The van der Waals surface area contributed by atoms with E-state index in [1.165, 1.54) is 0 Å². The number of rotatable bonds is 13. The molecule has 0 aliphatic carbocycles. The Hall–Kier alpha value is -2.71. The van der Waals surface area contributed by atoms with Crippen molar-refractivity contribution in [1.29, 1.82) is 0 Å². The number of amides is 2. The number of nitrogens with two attached hydrogens (primary N) is 1. The van der Waals surface area contributed by atoms with Crippen LogP contribution < -0.4 is 11.1 Å². The van der Waals surface area contributed by atoms with E-state index in [1.807, 2.05) is 19.9 Å². The van der Waals surface area contributed by atoms with Crippen LogP contribution in [0, 0.1) is 0 Å². The Balaban J connectivity index is 1.74. The van der Waals surface area contributed by atoms with E-state index in [0.29, 0.717) is 31.2 Å². The Morgan fingerprint density at radius 3 is 2.71 bits per heavy atom. The number of hydrogen-bond acceptors (Lipinski definition) is 7. The van der Waals surface area contributed by atoms with Crippen molar-refractivity contribution < 1.29 is 19.1 Å². The summed E-state index contributed by atoms with van der Waals surface area (Å²) < 4.78 is 11.2. The summed E-state index contributed by atoms with van der Waals surface area (Å²) >= 11 is 1.00. The first-order valence-electron chi connectivity index (χ1n) is 11.5. The van der Waals surface area contributed by atoms with Gasteiger partial charge in [-0.3, -0.25) is 19.8 Å². The lowest BCUT2D eigenvalue weighted by Crippen LogP contribution is -2.33. The lowest BCUT2D eigenvalue weighted by Gasteiger charge is -2.23. The highest BCUT2D eigenvalue weighted by Crippen LogP contribution is 2.25. The number of likely N-dealkylation sites (tertiary alicyclic amines) is 1. The Bertz CT molecular complexity index is 904. The minimum Gasteiger partial charge on any atom is -0.497 e. The van der Waals surface area contributed by atoms with E-state index >= 15 is 0 Å². The zero-order valence-corrected chi connectivity index (χ0v) is 21.3. The van der Waals surface area contributed by atoms with Gasteiger partial charge in [0.15, 0.2) is 0 Å². The highest BCUT2D eigenvalue weighted by atomic mass is 32.2. The summed E-state index contributed by atoms with van der Waals surface area (Å²) in [7, 11) is 1.65. The highest BCUT2D eigenvalue weighted by Gasteiger charge is 2.31. The number of hydrogen-bond donors (Lipinski definition) is 2. The van der Waals surface area contributed by atoms with Crippen LogP contribution in [0.3, 0.4) is 0 Å². The second kappa shape index (κ2) is 13.9. The fourth-order valence-corrected chi connectivity index (χ4v) is 4.72. The molecule has 0 bridgehead atoms. The van der Waals surface area contributed by atoms with Crippen molar-refractivity contribution in [3.8, 4) is 0 Å². The first-order valence-corrected chi connectivity index (χ1v) is 12.4. The average Bonchev–Trinajstić information content (AvgIpc) is 3.39. The third kappa shape index (κ3) is 8.57. The van der Waals surface area contributed by atoms with E-state index < -0.39 is 5.25 Å². The molecule has 2 atom stereocenters. The number of nitrogens with one attached hydrogen (secondary N) is 1. The van der Waals surface area contributed by atoms with E-state index in [1.54, 1.807) is 19.3 Å². The maximum absolute atomic E-state index is 11.7. The quantitative estimate of drug-likeness (QED) is 0.223. The van der Waals surface area contributed by atoms with Gasteiger partial charge in [-0.25, -0.2) is 0 Å². The molecule has 2 fully saturated rings. The van der Waals surface area contributed by atoms with Crippen molar-refractivity contribution >= 4 is 22.9 Å². The number of nitrogens with zero attached hydrogens (tertiary/aromatic N) is 1. The lowest BCUT2D eigenvalue weighted by atomic mass is 10.1. The molecule has 2 saturated heterocycles. The topological polar surface area (TPSA) is 93.9 Å². The predicted molar refractivity (Wildman–Crippen MR) is 139 cm³/mol. The number of ether oxygens (including phenoxy) is 2. The smallest absolute Gasteiger partial charge is 0.286 e. The lowest BCUT2D eigenvalue weighted by molar-refractivity contribution is -0.118. The monoisotopic (exact) mass is 487 g/mol. The maximum Gasteiger partial charge on any atom is 0.286 e. The molecule has 8 heteroatoms. The van der Waals surface area contributed by atoms with Gasteiger partial charge in [-0.1, -0.05) is 48.7 Å². The molecule has 0 aromatic rings.